The lowest BCUT2D eigenvalue weighted by atomic mass is 9.70. The molecule has 0 fully saturated rings. The van der Waals surface area contributed by atoms with Gasteiger partial charge in [-0.25, -0.2) is 0 Å². The minimum absolute atomic E-state index is 0.0614. The van der Waals surface area contributed by atoms with E-state index in [1.54, 1.807) is 21.3 Å². The van der Waals surface area contributed by atoms with Gasteiger partial charge in [0.1, 0.15) is 5.73 Å². The van der Waals surface area contributed by atoms with Gasteiger partial charge in [0.05, 0.1) is 6.10 Å². The van der Waals surface area contributed by atoms with Crippen LogP contribution in [0.3, 0.4) is 0 Å². The molecule has 2 aromatic carbocycles. The van der Waals surface area contributed by atoms with Crippen LogP contribution in [0.5, 0.6) is 0 Å². The highest BCUT2D eigenvalue weighted by molar-refractivity contribution is 6.61. The number of hydrogen-bond acceptors (Lipinski definition) is 4. The molecule has 0 amide bonds. The second-order valence-electron chi connectivity index (χ2n) is 10.4. The van der Waals surface area contributed by atoms with Crippen LogP contribution in [-0.4, -0.2) is 42.0 Å². The molecule has 0 heterocycles. The highest BCUT2D eigenvalue weighted by Gasteiger charge is 2.49. The second-order valence-corrected chi connectivity index (χ2v) is 13.6. The van der Waals surface area contributed by atoms with Gasteiger partial charge in [-0.3, -0.25) is 0 Å². The van der Waals surface area contributed by atoms with Crippen molar-refractivity contribution in [2.45, 2.75) is 109 Å². The van der Waals surface area contributed by atoms with Crippen molar-refractivity contribution in [1.29, 1.82) is 0 Å². The lowest BCUT2D eigenvalue weighted by Crippen LogP contribution is -2.57. The molecule has 0 aliphatic rings. The van der Waals surface area contributed by atoms with E-state index in [-0.39, 0.29) is 17.2 Å². The van der Waals surface area contributed by atoms with E-state index in [9.17, 15) is 0 Å². The van der Waals surface area contributed by atoms with E-state index in [0.717, 1.165) is 12.8 Å². The van der Waals surface area contributed by atoms with Gasteiger partial charge in [0.15, 0.2) is 0 Å². The van der Waals surface area contributed by atoms with Crippen molar-refractivity contribution in [3.63, 3.8) is 0 Å². The Kier molecular flexibility index (Phi) is 14.7. The lowest BCUT2D eigenvalue weighted by Gasteiger charge is -2.42. The second kappa shape index (κ2) is 17.2. The molecule has 2 rings (SSSR count). The Labute approximate surface area is 228 Å². The maximum Gasteiger partial charge on any atom is 0.530 e. The van der Waals surface area contributed by atoms with Crippen molar-refractivity contribution in [2.24, 2.45) is 0 Å². The summed E-state index contributed by atoms with van der Waals surface area (Å²) in [5.74, 6) is 0. The highest BCUT2D eigenvalue weighted by Crippen LogP contribution is 2.40. The summed E-state index contributed by atoms with van der Waals surface area (Å²) < 4.78 is 24.3. The fourth-order valence-electron chi connectivity index (χ4n) is 5.49. The monoisotopic (exact) mass is 528 g/mol. The van der Waals surface area contributed by atoms with E-state index in [1.807, 2.05) is 6.92 Å². The standard InChI is InChI=1S/C32H52O4Si/c1-7-8-9-10-11-12-13-14-15-22-27-31(36-28(2)37(33-4,34-5)35-6)32(3,29-23-18-16-19-24-29)30-25-20-17-21-26-30/h16-21,23-26,28,31H,7-15,22,27H2,1-6H3. The van der Waals surface area contributed by atoms with Crippen LogP contribution in [0.4, 0.5) is 0 Å². The molecule has 0 saturated heterocycles. The van der Waals surface area contributed by atoms with Gasteiger partial charge >= 0.3 is 8.80 Å². The molecule has 2 unspecified atom stereocenters. The van der Waals surface area contributed by atoms with Crippen molar-refractivity contribution >= 4 is 8.80 Å². The number of rotatable bonds is 20. The molecule has 0 saturated carbocycles. The third-order valence-electron chi connectivity index (χ3n) is 7.93. The summed E-state index contributed by atoms with van der Waals surface area (Å²) >= 11 is 0. The third kappa shape index (κ3) is 9.04. The van der Waals surface area contributed by atoms with Crippen LogP contribution in [0, 0.1) is 0 Å². The van der Waals surface area contributed by atoms with Crippen molar-refractivity contribution in [3.8, 4) is 0 Å². The average molecular weight is 529 g/mol. The Morgan fingerprint density at radius 2 is 1.05 bits per heavy atom. The zero-order valence-electron chi connectivity index (χ0n) is 24.3. The molecule has 0 radical (unpaired) electrons. The van der Waals surface area contributed by atoms with Crippen LogP contribution < -0.4 is 0 Å². The van der Waals surface area contributed by atoms with E-state index in [2.05, 4.69) is 74.5 Å². The summed E-state index contributed by atoms with van der Waals surface area (Å²) in [7, 11) is 2.00. The molecule has 208 valence electrons. The molecule has 2 atom stereocenters. The summed E-state index contributed by atoms with van der Waals surface area (Å²) in [4.78, 5) is 0. The van der Waals surface area contributed by atoms with Gasteiger partial charge < -0.3 is 18.0 Å². The zero-order chi connectivity index (χ0) is 27.0. The van der Waals surface area contributed by atoms with Gasteiger partial charge in [-0.15, -0.1) is 0 Å². The molecule has 37 heavy (non-hydrogen) atoms. The van der Waals surface area contributed by atoms with Gasteiger partial charge in [-0.05, 0) is 31.4 Å². The minimum Gasteiger partial charge on any atom is -0.375 e. The molecular formula is C32H52O4Si. The normalized spacial score (nSPS) is 14.0. The Morgan fingerprint density at radius 1 is 0.649 bits per heavy atom. The molecule has 0 aromatic heterocycles. The van der Waals surface area contributed by atoms with Gasteiger partial charge in [0, 0.05) is 26.7 Å². The number of hydrogen-bond donors (Lipinski definition) is 0. The molecule has 0 bridgehead atoms. The van der Waals surface area contributed by atoms with Gasteiger partial charge in [-0.1, -0.05) is 132 Å². The fourth-order valence-corrected chi connectivity index (χ4v) is 7.32. The molecule has 5 heteroatoms. The van der Waals surface area contributed by atoms with Crippen molar-refractivity contribution < 1.29 is 18.0 Å². The van der Waals surface area contributed by atoms with E-state index in [4.69, 9.17) is 18.0 Å². The number of benzene rings is 2. The molecule has 0 aliphatic carbocycles. The van der Waals surface area contributed by atoms with E-state index >= 15 is 0 Å². The largest absolute Gasteiger partial charge is 0.530 e. The summed E-state index contributed by atoms with van der Waals surface area (Å²) in [6, 6.07) is 21.5. The van der Waals surface area contributed by atoms with E-state index in [0.29, 0.717) is 0 Å². The van der Waals surface area contributed by atoms with Crippen molar-refractivity contribution in [3.05, 3.63) is 71.8 Å². The Bertz CT molecular complexity index is 777. The van der Waals surface area contributed by atoms with Crippen LogP contribution in [0.2, 0.25) is 0 Å². The Balaban J connectivity index is 2.20. The maximum atomic E-state index is 6.93. The Morgan fingerprint density at radius 3 is 1.46 bits per heavy atom. The van der Waals surface area contributed by atoms with Crippen LogP contribution in [0.1, 0.15) is 103 Å². The third-order valence-corrected chi connectivity index (χ3v) is 10.8. The van der Waals surface area contributed by atoms with Gasteiger partial charge in [-0.2, -0.15) is 0 Å². The summed E-state index contributed by atoms with van der Waals surface area (Å²) in [6.45, 7) is 6.63. The summed E-state index contributed by atoms with van der Waals surface area (Å²) in [6.07, 6.45) is 14.1. The van der Waals surface area contributed by atoms with Crippen LogP contribution in [-0.2, 0) is 23.4 Å². The quantitative estimate of drug-likeness (QED) is 0.127. The van der Waals surface area contributed by atoms with Gasteiger partial charge in [0.2, 0.25) is 0 Å². The van der Waals surface area contributed by atoms with Crippen molar-refractivity contribution in [2.75, 3.05) is 21.3 Å². The molecule has 0 N–H and O–H groups in total. The minimum atomic E-state index is -2.97. The smallest absolute Gasteiger partial charge is 0.375 e. The van der Waals surface area contributed by atoms with Crippen LogP contribution in [0.25, 0.3) is 0 Å². The average Bonchev–Trinajstić information content (AvgIpc) is 2.95. The fraction of sp³-hybridized carbons (Fsp3) is 0.625. The van der Waals surface area contributed by atoms with E-state index < -0.39 is 8.80 Å². The SMILES string of the molecule is CCCCCCCCCCCCC(OC(C)[Si](OC)(OC)OC)C(C)(c1ccccc1)c1ccccc1. The topological polar surface area (TPSA) is 36.9 Å². The highest BCUT2D eigenvalue weighted by atomic mass is 28.4. The predicted octanol–water partition coefficient (Wildman–Crippen LogP) is 8.49. The predicted molar refractivity (Wildman–Crippen MR) is 157 cm³/mol. The van der Waals surface area contributed by atoms with Crippen LogP contribution >= 0.6 is 0 Å². The summed E-state index contributed by atoms with van der Waals surface area (Å²) in [5, 5.41) is 0. The van der Waals surface area contributed by atoms with E-state index in [1.165, 1.54) is 68.9 Å². The molecule has 0 spiro atoms. The molecule has 0 aliphatic heterocycles. The molecule has 4 nitrogen and oxygen atoms in total. The number of ether oxygens (including phenoxy) is 1. The van der Waals surface area contributed by atoms with Gasteiger partial charge in [0.25, 0.3) is 0 Å². The van der Waals surface area contributed by atoms with Crippen LogP contribution in [0.15, 0.2) is 60.7 Å². The first kappa shape index (κ1) is 31.7. The molecular weight excluding hydrogens is 476 g/mol. The molecule has 2 aromatic rings. The maximum absolute atomic E-state index is 6.93. The number of unbranched alkanes of at least 4 members (excludes halogenated alkanes) is 9. The van der Waals surface area contributed by atoms with Crippen molar-refractivity contribution in [1.82, 2.24) is 0 Å². The zero-order valence-corrected chi connectivity index (χ0v) is 25.3. The Hall–Kier alpha value is -1.50. The first-order valence-electron chi connectivity index (χ1n) is 14.4. The lowest BCUT2D eigenvalue weighted by molar-refractivity contribution is -0.0475. The summed E-state index contributed by atoms with van der Waals surface area (Å²) in [5.41, 5.74) is 1.88. The first-order valence-corrected chi connectivity index (χ1v) is 16.2. The first-order chi connectivity index (χ1) is 18.0.